The standard InChI is InChI=1S/C17H23N3O4/c21-14(19-10-13-6-3-9-24-13)11-20-16(23)17(7-8-18-15(17)22)12-4-1-2-5-12/h3,6,9,12H,1-2,4-5,7-8,10-11H2,(H,18,22)(H,19,21)(H,20,23). The molecule has 2 heterocycles. The van der Waals surface area contributed by atoms with Gasteiger partial charge in [0.1, 0.15) is 11.2 Å². The van der Waals surface area contributed by atoms with E-state index in [-0.39, 0.29) is 36.7 Å². The maximum absolute atomic E-state index is 12.7. The molecule has 3 rings (SSSR count). The Morgan fingerprint density at radius 3 is 2.71 bits per heavy atom. The molecule has 1 unspecified atom stereocenters. The predicted octanol–water partition coefficient (Wildman–Crippen LogP) is 0.709. The Bertz CT molecular complexity index is 607. The zero-order valence-corrected chi connectivity index (χ0v) is 13.6. The van der Waals surface area contributed by atoms with Crippen molar-refractivity contribution in [3.8, 4) is 0 Å². The fourth-order valence-electron chi connectivity index (χ4n) is 3.83. The number of hydrogen-bond acceptors (Lipinski definition) is 4. The van der Waals surface area contributed by atoms with Crippen LogP contribution in [0.2, 0.25) is 0 Å². The molecule has 3 amide bonds. The summed E-state index contributed by atoms with van der Waals surface area (Å²) in [6.45, 7) is 0.657. The second-order valence-corrected chi connectivity index (χ2v) is 6.50. The predicted molar refractivity (Wildman–Crippen MR) is 85.6 cm³/mol. The van der Waals surface area contributed by atoms with Crippen molar-refractivity contribution in [3.63, 3.8) is 0 Å². The lowest BCUT2D eigenvalue weighted by Crippen LogP contribution is -2.51. The Kier molecular flexibility index (Phi) is 4.87. The summed E-state index contributed by atoms with van der Waals surface area (Å²) < 4.78 is 5.13. The normalized spacial score (nSPS) is 23.9. The molecule has 1 aliphatic heterocycles. The molecule has 1 aromatic heterocycles. The minimum atomic E-state index is -1.00. The van der Waals surface area contributed by atoms with E-state index in [2.05, 4.69) is 16.0 Å². The lowest BCUT2D eigenvalue weighted by molar-refractivity contribution is -0.145. The van der Waals surface area contributed by atoms with Gasteiger partial charge in [-0.05, 0) is 37.3 Å². The van der Waals surface area contributed by atoms with Gasteiger partial charge in [0.25, 0.3) is 0 Å². The summed E-state index contributed by atoms with van der Waals surface area (Å²) in [5.74, 6) is -0.0985. The van der Waals surface area contributed by atoms with Gasteiger partial charge in [0.05, 0.1) is 19.4 Å². The van der Waals surface area contributed by atoms with Crippen LogP contribution in [0.1, 0.15) is 37.9 Å². The smallest absolute Gasteiger partial charge is 0.239 e. The van der Waals surface area contributed by atoms with Crippen LogP contribution in [0.4, 0.5) is 0 Å². The van der Waals surface area contributed by atoms with Gasteiger partial charge in [0.15, 0.2) is 0 Å². The molecule has 1 saturated heterocycles. The maximum atomic E-state index is 12.7. The monoisotopic (exact) mass is 333 g/mol. The van der Waals surface area contributed by atoms with Crippen LogP contribution in [0, 0.1) is 11.3 Å². The van der Waals surface area contributed by atoms with E-state index in [1.807, 2.05) is 0 Å². The molecule has 2 aliphatic rings. The number of hydrogen-bond donors (Lipinski definition) is 3. The SMILES string of the molecule is O=C(CNC(=O)C1(C2CCCC2)CCNC1=O)NCc1ccco1. The summed E-state index contributed by atoms with van der Waals surface area (Å²) in [4.78, 5) is 37.0. The van der Waals surface area contributed by atoms with Gasteiger partial charge in [-0.3, -0.25) is 14.4 Å². The summed E-state index contributed by atoms with van der Waals surface area (Å²) in [6.07, 6.45) is 5.94. The van der Waals surface area contributed by atoms with E-state index in [1.165, 1.54) is 6.26 Å². The molecule has 2 fully saturated rings. The molecule has 1 atom stereocenters. The van der Waals surface area contributed by atoms with Crippen LogP contribution < -0.4 is 16.0 Å². The number of carbonyl (C=O) groups is 3. The first-order valence-corrected chi connectivity index (χ1v) is 8.48. The van der Waals surface area contributed by atoms with Crippen LogP contribution >= 0.6 is 0 Å². The van der Waals surface area contributed by atoms with E-state index in [9.17, 15) is 14.4 Å². The van der Waals surface area contributed by atoms with Crippen molar-refractivity contribution >= 4 is 17.7 Å². The molecule has 24 heavy (non-hydrogen) atoms. The van der Waals surface area contributed by atoms with E-state index in [4.69, 9.17) is 4.42 Å². The van der Waals surface area contributed by atoms with Crippen molar-refractivity contribution in [3.05, 3.63) is 24.2 Å². The Hall–Kier alpha value is -2.31. The fraction of sp³-hybridized carbons (Fsp3) is 0.588. The highest BCUT2D eigenvalue weighted by Gasteiger charge is 2.54. The van der Waals surface area contributed by atoms with Gasteiger partial charge in [-0.2, -0.15) is 0 Å². The van der Waals surface area contributed by atoms with Gasteiger partial charge in [-0.25, -0.2) is 0 Å². The third-order valence-corrected chi connectivity index (χ3v) is 5.12. The summed E-state index contributed by atoms with van der Waals surface area (Å²) in [7, 11) is 0. The third-order valence-electron chi connectivity index (χ3n) is 5.12. The van der Waals surface area contributed by atoms with E-state index >= 15 is 0 Å². The number of amides is 3. The quantitative estimate of drug-likeness (QED) is 0.667. The van der Waals surface area contributed by atoms with Gasteiger partial charge in [0, 0.05) is 6.54 Å². The molecule has 1 aromatic rings. The molecule has 0 spiro atoms. The summed E-state index contributed by atoms with van der Waals surface area (Å²) in [5, 5.41) is 8.12. The number of furan rings is 1. The Morgan fingerprint density at radius 2 is 2.08 bits per heavy atom. The van der Waals surface area contributed by atoms with Gasteiger partial charge in [-0.1, -0.05) is 12.8 Å². The first-order valence-electron chi connectivity index (χ1n) is 8.48. The first kappa shape index (κ1) is 16.5. The summed E-state index contributed by atoms with van der Waals surface area (Å²) in [5.41, 5.74) is -1.00. The van der Waals surface area contributed by atoms with Gasteiger partial charge in [0.2, 0.25) is 17.7 Å². The highest BCUT2D eigenvalue weighted by molar-refractivity contribution is 6.07. The van der Waals surface area contributed by atoms with Crippen molar-refractivity contribution < 1.29 is 18.8 Å². The second-order valence-electron chi connectivity index (χ2n) is 6.50. The molecular formula is C17H23N3O4. The topological polar surface area (TPSA) is 100 Å². The highest BCUT2D eigenvalue weighted by Crippen LogP contribution is 2.44. The van der Waals surface area contributed by atoms with Crippen LogP contribution in [0.25, 0.3) is 0 Å². The van der Waals surface area contributed by atoms with E-state index in [1.54, 1.807) is 12.1 Å². The Labute approximate surface area is 140 Å². The van der Waals surface area contributed by atoms with Crippen LogP contribution in [-0.2, 0) is 20.9 Å². The average molecular weight is 333 g/mol. The number of carbonyl (C=O) groups excluding carboxylic acids is 3. The minimum Gasteiger partial charge on any atom is -0.467 e. The van der Waals surface area contributed by atoms with Crippen LogP contribution in [-0.4, -0.2) is 30.8 Å². The molecule has 3 N–H and O–H groups in total. The highest BCUT2D eigenvalue weighted by atomic mass is 16.3. The van der Waals surface area contributed by atoms with Crippen molar-refractivity contribution in [2.45, 2.75) is 38.6 Å². The van der Waals surface area contributed by atoms with Crippen molar-refractivity contribution in [1.29, 1.82) is 0 Å². The van der Waals surface area contributed by atoms with Gasteiger partial charge >= 0.3 is 0 Å². The molecular weight excluding hydrogens is 310 g/mol. The minimum absolute atomic E-state index is 0.0752. The molecule has 1 saturated carbocycles. The first-order chi connectivity index (χ1) is 11.6. The number of rotatable bonds is 6. The molecule has 130 valence electrons. The third kappa shape index (κ3) is 3.16. The summed E-state index contributed by atoms with van der Waals surface area (Å²) >= 11 is 0. The van der Waals surface area contributed by atoms with Crippen molar-refractivity contribution in [2.24, 2.45) is 11.3 Å². The summed E-state index contributed by atoms with van der Waals surface area (Å²) in [6, 6.07) is 3.50. The second kappa shape index (κ2) is 7.07. The molecule has 0 bridgehead atoms. The molecule has 7 nitrogen and oxygen atoms in total. The van der Waals surface area contributed by atoms with E-state index < -0.39 is 5.41 Å². The number of nitrogens with one attached hydrogen (secondary N) is 3. The molecule has 0 radical (unpaired) electrons. The lowest BCUT2D eigenvalue weighted by atomic mass is 9.72. The van der Waals surface area contributed by atoms with Crippen LogP contribution in [0.15, 0.2) is 22.8 Å². The van der Waals surface area contributed by atoms with Crippen LogP contribution in [0.3, 0.4) is 0 Å². The van der Waals surface area contributed by atoms with Gasteiger partial charge in [-0.15, -0.1) is 0 Å². The largest absolute Gasteiger partial charge is 0.467 e. The molecule has 0 aromatic carbocycles. The fourth-order valence-corrected chi connectivity index (χ4v) is 3.83. The van der Waals surface area contributed by atoms with Crippen molar-refractivity contribution in [2.75, 3.05) is 13.1 Å². The average Bonchev–Trinajstić information content (AvgIpc) is 3.31. The molecule has 1 aliphatic carbocycles. The zero-order chi connectivity index (χ0) is 17.0. The van der Waals surface area contributed by atoms with E-state index in [0.717, 1.165) is 25.7 Å². The van der Waals surface area contributed by atoms with Crippen molar-refractivity contribution in [1.82, 2.24) is 16.0 Å². The van der Waals surface area contributed by atoms with E-state index in [0.29, 0.717) is 18.7 Å². The lowest BCUT2D eigenvalue weighted by Gasteiger charge is -2.31. The Morgan fingerprint density at radius 1 is 1.29 bits per heavy atom. The Balaban J connectivity index is 1.56. The van der Waals surface area contributed by atoms with Gasteiger partial charge < -0.3 is 20.4 Å². The molecule has 7 heteroatoms. The maximum Gasteiger partial charge on any atom is 0.239 e. The zero-order valence-electron chi connectivity index (χ0n) is 13.6. The van der Waals surface area contributed by atoms with Crippen LogP contribution in [0.5, 0.6) is 0 Å².